The van der Waals surface area contributed by atoms with Crippen molar-refractivity contribution in [1.29, 1.82) is 0 Å². The monoisotopic (exact) mass is 238 g/mol. The maximum atomic E-state index is 12.0. The molecule has 0 spiro atoms. The fourth-order valence-corrected chi connectivity index (χ4v) is 1.55. The summed E-state index contributed by atoms with van der Waals surface area (Å²) in [6, 6.07) is 7.16. The van der Waals surface area contributed by atoms with Gasteiger partial charge in [-0.15, -0.1) is 0 Å². The second-order valence-electron chi connectivity index (χ2n) is 5.40. The molecule has 0 heterocycles. The molecule has 0 fully saturated rings. The van der Waals surface area contributed by atoms with Gasteiger partial charge in [0.25, 0.3) is 0 Å². The van der Waals surface area contributed by atoms with E-state index in [0.29, 0.717) is 22.9 Å². The quantitative estimate of drug-likeness (QED) is 0.704. The van der Waals surface area contributed by atoms with E-state index in [1.54, 1.807) is 12.1 Å². The lowest BCUT2D eigenvalue weighted by molar-refractivity contribution is 0.0927. The highest BCUT2D eigenvalue weighted by atomic mass is 35.5. The van der Waals surface area contributed by atoms with Gasteiger partial charge in [0.1, 0.15) is 0 Å². The summed E-state index contributed by atoms with van der Waals surface area (Å²) in [7, 11) is 0. The molecular weight excluding hydrogens is 220 g/mol. The van der Waals surface area contributed by atoms with E-state index in [0.717, 1.165) is 0 Å². The van der Waals surface area contributed by atoms with E-state index >= 15 is 0 Å². The molecule has 0 radical (unpaired) electrons. The van der Waals surface area contributed by atoms with Crippen LogP contribution in [-0.4, -0.2) is 5.78 Å². The van der Waals surface area contributed by atoms with Gasteiger partial charge in [-0.1, -0.05) is 51.4 Å². The van der Waals surface area contributed by atoms with Crippen LogP contribution in [0.15, 0.2) is 24.3 Å². The van der Waals surface area contributed by atoms with E-state index in [-0.39, 0.29) is 11.2 Å². The Hall–Kier alpha value is -0.820. The topological polar surface area (TPSA) is 17.1 Å². The molecular formula is C14H19ClO. The van der Waals surface area contributed by atoms with E-state index in [1.807, 2.05) is 12.1 Å². The summed E-state index contributed by atoms with van der Waals surface area (Å²) in [5.41, 5.74) is 0.873. The zero-order valence-electron chi connectivity index (χ0n) is 10.4. The number of halogens is 1. The first-order valence-corrected chi connectivity index (χ1v) is 5.97. The van der Waals surface area contributed by atoms with Gasteiger partial charge in [0.05, 0.1) is 0 Å². The summed E-state index contributed by atoms with van der Waals surface area (Å²) < 4.78 is 0. The van der Waals surface area contributed by atoms with Gasteiger partial charge >= 0.3 is 0 Å². The first kappa shape index (κ1) is 13.2. The fraction of sp³-hybridized carbons (Fsp3) is 0.500. The number of Topliss-reactive ketones (excluding diaryl/α,β-unsaturated/α-hetero) is 1. The van der Waals surface area contributed by atoms with Crippen LogP contribution in [0.1, 0.15) is 44.5 Å². The summed E-state index contributed by atoms with van der Waals surface area (Å²) >= 11 is 5.86. The molecule has 1 unspecified atom stereocenters. The van der Waals surface area contributed by atoms with Crippen LogP contribution in [0.25, 0.3) is 0 Å². The number of hydrogen-bond donors (Lipinski definition) is 0. The number of rotatable bonds is 3. The van der Waals surface area contributed by atoms with Crippen molar-refractivity contribution in [3.8, 4) is 0 Å². The van der Waals surface area contributed by atoms with Gasteiger partial charge in [-0.05, 0) is 23.5 Å². The highest BCUT2D eigenvalue weighted by molar-refractivity contribution is 6.31. The van der Waals surface area contributed by atoms with E-state index in [9.17, 15) is 4.79 Å². The van der Waals surface area contributed by atoms with E-state index in [1.165, 1.54) is 0 Å². The van der Waals surface area contributed by atoms with Gasteiger partial charge in [-0.25, -0.2) is 0 Å². The lowest BCUT2D eigenvalue weighted by Gasteiger charge is -2.26. The Balaban J connectivity index is 2.74. The zero-order chi connectivity index (χ0) is 12.3. The third-order valence-corrected chi connectivity index (χ3v) is 3.35. The highest BCUT2D eigenvalue weighted by Crippen LogP contribution is 2.29. The van der Waals surface area contributed by atoms with Crippen LogP contribution in [0.2, 0.25) is 5.02 Å². The van der Waals surface area contributed by atoms with Crippen molar-refractivity contribution in [3.05, 3.63) is 34.9 Å². The van der Waals surface area contributed by atoms with Crippen LogP contribution >= 0.6 is 11.6 Å². The van der Waals surface area contributed by atoms with Crippen LogP contribution in [-0.2, 0) is 0 Å². The Bertz CT molecular complexity index is 377. The van der Waals surface area contributed by atoms with Crippen LogP contribution in [0.3, 0.4) is 0 Å². The molecule has 0 aliphatic carbocycles. The molecule has 88 valence electrons. The third-order valence-electron chi connectivity index (χ3n) is 3.12. The molecule has 1 atom stereocenters. The number of carbonyl (C=O) groups is 1. The molecule has 2 heteroatoms. The molecule has 0 aliphatic rings. The van der Waals surface area contributed by atoms with E-state index in [4.69, 9.17) is 11.6 Å². The van der Waals surface area contributed by atoms with E-state index < -0.39 is 0 Å². The molecule has 0 N–H and O–H groups in total. The first-order valence-electron chi connectivity index (χ1n) is 5.59. The van der Waals surface area contributed by atoms with Gasteiger partial charge in [-0.3, -0.25) is 4.79 Å². The average molecular weight is 239 g/mol. The molecule has 16 heavy (non-hydrogen) atoms. The standard InChI is InChI=1S/C14H19ClO/c1-10(14(2,3)4)8-13(16)11-6-5-7-12(15)9-11/h5-7,9-10H,8H2,1-4H3. The van der Waals surface area contributed by atoms with E-state index in [2.05, 4.69) is 27.7 Å². The molecule has 0 amide bonds. The van der Waals surface area contributed by atoms with Crippen molar-refractivity contribution in [2.24, 2.45) is 11.3 Å². The normalized spacial score (nSPS) is 13.6. The number of carbonyl (C=O) groups excluding carboxylic acids is 1. The fourth-order valence-electron chi connectivity index (χ4n) is 1.36. The summed E-state index contributed by atoms with van der Waals surface area (Å²) in [6.45, 7) is 8.58. The van der Waals surface area contributed by atoms with Gasteiger partial charge in [0, 0.05) is 17.0 Å². The van der Waals surface area contributed by atoms with Gasteiger partial charge in [0.2, 0.25) is 0 Å². The Morgan fingerprint density at radius 1 is 1.38 bits per heavy atom. The predicted octanol–water partition coefficient (Wildman–Crippen LogP) is 4.60. The van der Waals surface area contributed by atoms with Crippen molar-refractivity contribution in [1.82, 2.24) is 0 Å². The third kappa shape index (κ3) is 3.64. The lowest BCUT2D eigenvalue weighted by atomic mass is 9.78. The summed E-state index contributed by atoms with van der Waals surface area (Å²) in [5, 5.41) is 0.620. The summed E-state index contributed by atoms with van der Waals surface area (Å²) in [5.74, 6) is 0.531. The Morgan fingerprint density at radius 2 is 2.00 bits per heavy atom. The maximum Gasteiger partial charge on any atom is 0.163 e. The Kier molecular flexibility index (Phi) is 4.15. The maximum absolute atomic E-state index is 12.0. The number of benzene rings is 1. The SMILES string of the molecule is CC(CC(=O)c1cccc(Cl)c1)C(C)(C)C. The van der Waals surface area contributed by atoms with Crippen LogP contribution in [0.4, 0.5) is 0 Å². The molecule has 1 aromatic rings. The predicted molar refractivity (Wildman–Crippen MR) is 69.0 cm³/mol. The first-order chi connectivity index (χ1) is 7.30. The minimum Gasteiger partial charge on any atom is -0.294 e. The molecule has 1 nitrogen and oxygen atoms in total. The second kappa shape index (κ2) is 5.01. The smallest absolute Gasteiger partial charge is 0.163 e. The van der Waals surface area contributed by atoms with Gasteiger partial charge in [0.15, 0.2) is 5.78 Å². The van der Waals surface area contributed by atoms with Crippen molar-refractivity contribution in [2.45, 2.75) is 34.1 Å². The number of hydrogen-bond acceptors (Lipinski definition) is 1. The summed E-state index contributed by atoms with van der Waals surface area (Å²) in [4.78, 5) is 12.0. The molecule has 0 aromatic heterocycles. The molecule has 1 aromatic carbocycles. The molecule has 0 bridgehead atoms. The van der Waals surface area contributed by atoms with Gasteiger partial charge in [-0.2, -0.15) is 0 Å². The molecule has 0 aliphatic heterocycles. The van der Waals surface area contributed by atoms with Crippen molar-refractivity contribution in [3.63, 3.8) is 0 Å². The second-order valence-corrected chi connectivity index (χ2v) is 5.84. The highest BCUT2D eigenvalue weighted by Gasteiger charge is 2.23. The zero-order valence-corrected chi connectivity index (χ0v) is 11.1. The van der Waals surface area contributed by atoms with Gasteiger partial charge < -0.3 is 0 Å². The summed E-state index contributed by atoms with van der Waals surface area (Å²) in [6.07, 6.45) is 0.573. The molecule has 1 rings (SSSR count). The average Bonchev–Trinajstić information content (AvgIpc) is 2.16. The van der Waals surface area contributed by atoms with Crippen LogP contribution in [0, 0.1) is 11.3 Å². The van der Waals surface area contributed by atoms with Crippen molar-refractivity contribution >= 4 is 17.4 Å². The minimum atomic E-state index is 0.161. The van der Waals surface area contributed by atoms with Crippen molar-refractivity contribution in [2.75, 3.05) is 0 Å². The molecule has 0 saturated heterocycles. The molecule has 0 saturated carbocycles. The minimum absolute atomic E-state index is 0.161. The largest absolute Gasteiger partial charge is 0.294 e. The Morgan fingerprint density at radius 3 is 2.50 bits per heavy atom. The lowest BCUT2D eigenvalue weighted by Crippen LogP contribution is -2.20. The van der Waals surface area contributed by atoms with Crippen LogP contribution in [0.5, 0.6) is 0 Å². The Labute approximate surface area is 103 Å². The van der Waals surface area contributed by atoms with Crippen LogP contribution < -0.4 is 0 Å². The van der Waals surface area contributed by atoms with Crippen molar-refractivity contribution < 1.29 is 4.79 Å². The number of ketones is 1.